The van der Waals surface area contributed by atoms with Crippen LogP contribution in [0.3, 0.4) is 0 Å². The van der Waals surface area contributed by atoms with Crippen molar-refractivity contribution in [3.8, 4) is 0 Å². The third-order valence-corrected chi connectivity index (χ3v) is 38.9. The summed E-state index contributed by atoms with van der Waals surface area (Å²) in [5.74, 6) is 0. The second kappa shape index (κ2) is 60.4. The molecule has 12 aromatic rings. The molecule has 12 rings (SSSR count). The van der Waals surface area contributed by atoms with Crippen molar-refractivity contribution in [1.82, 2.24) is 174 Å². The number of aromatic nitrogens is 18. The molecule has 6 heterocycles. The van der Waals surface area contributed by atoms with E-state index in [0.717, 1.165) is 66.2 Å². The Morgan fingerprint density at radius 1 is 0.173 bits per heavy atom. The van der Waals surface area contributed by atoms with Crippen LogP contribution in [0.4, 0.5) is 104 Å². The standard InChI is InChI=1S/6C12H22N6OP.6BF4/c6*1-15(2)20(19,16(3)4)17(5)10-18-12-9-7-6-8-11(12)13-14-18;6*2-1(3,4)5/h6*6-9,19H,10H2,1-5H3;;;;;;/q6*+1;6*-1. The minimum absolute atomic E-state index is 0.473. The van der Waals surface area contributed by atoms with E-state index in [4.69, 9.17) is 0 Å². The number of nitrogens with zero attached hydrogens (tertiary/aromatic N) is 36. The minimum Gasteiger partial charge on any atom is -0.418 e. The van der Waals surface area contributed by atoms with Crippen LogP contribution in [-0.2, 0) is 40.0 Å². The molecule has 6 N–H and O–H groups in total. The van der Waals surface area contributed by atoms with Gasteiger partial charge < -0.3 is 104 Å². The Morgan fingerprint density at radius 3 is 0.333 bits per heavy atom. The van der Waals surface area contributed by atoms with Gasteiger partial charge in [0.05, 0.1) is 33.1 Å². The van der Waals surface area contributed by atoms with Crippen LogP contribution in [-0.4, -0.2) is 458 Å². The van der Waals surface area contributed by atoms with E-state index < -0.39 is 91.2 Å². The molecule has 0 aliphatic carbocycles. The summed E-state index contributed by atoms with van der Waals surface area (Å²) in [4.78, 5) is 65.6. The molecule has 6 aromatic carbocycles. The molecule has 0 fully saturated rings. The number of hydrogen-bond donors (Lipinski definition) is 6. The molecule has 0 radical (unpaired) electrons. The molecule has 42 nitrogen and oxygen atoms in total. The Bertz CT molecular complexity index is 4910. The van der Waals surface area contributed by atoms with Crippen LogP contribution in [0.1, 0.15) is 0 Å². The first-order valence-electron chi connectivity index (χ1n) is 43.3. The smallest absolute Gasteiger partial charge is 0.418 e. The summed E-state index contributed by atoms with van der Waals surface area (Å²) in [6.07, 6.45) is 0. The fraction of sp³-hybridized carbons (Fsp3) is 0.500. The maximum absolute atomic E-state index is 10.9. The van der Waals surface area contributed by atoms with Gasteiger partial charge >= 0.3 is 91.2 Å². The number of halogens is 24. The zero-order valence-electron chi connectivity index (χ0n) is 88.1. The molecule has 0 amide bonds. The van der Waals surface area contributed by atoms with Crippen molar-refractivity contribution in [1.29, 1.82) is 0 Å². The molecule has 0 spiro atoms. The first kappa shape index (κ1) is 140. The maximum atomic E-state index is 10.9. The molecule has 6 aromatic heterocycles. The van der Waals surface area contributed by atoms with Crippen LogP contribution >= 0.6 is 47.6 Å². The highest BCUT2D eigenvalue weighted by molar-refractivity contribution is 7.64. The SMILES string of the molecule is CN(C)[P+](O)(N(C)C)N(C)Cn1nnc2ccccc21.CN(C)[P+](O)(N(C)C)N(C)Cn1nnc2ccccc21.CN(C)[P+](O)(N(C)C)N(C)Cn1nnc2ccccc21.CN(C)[P+](O)(N(C)C)N(C)Cn1nnc2ccccc21.CN(C)[P+](O)(N(C)C)N(C)Cn1nnc2ccccc21.CN(C)[P+](O)(N(C)C)N(C)Cn1nnc2ccccc21.F[B-](F)(F)F.F[B-](F)(F)F.F[B-](F)(F)F.F[B-](F)(F)F.F[B-](F)(F)F.F[B-](F)(F)F. The number of benzene rings is 6. The molecular weight excluding hydrogens is 2170 g/mol. The van der Waals surface area contributed by atoms with Crippen LogP contribution in [0.2, 0.25) is 0 Å². The van der Waals surface area contributed by atoms with Crippen LogP contribution in [0.15, 0.2) is 146 Å². The van der Waals surface area contributed by atoms with E-state index in [9.17, 15) is 133 Å². The van der Waals surface area contributed by atoms with Crippen molar-refractivity contribution in [2.75, 3.05) is 211 Å². The monoisotopic (exact) mass is 2300 g/mol. The Kier molecular flexibility index (Phi) is 56.4. The molecule has 0 aliphatic rings. The second-order valence-electron chi connectivity index (χ2n) is 33.6. The number of rotatable bonds is 30. The van der Waals surface area contributed by atoms with Gasteiger partial charge in [-0.25, -0.2) is 28.1 Å². The predicted octanol–water partition coefficient (Wildman–Crippen LogP) is 14.5. The second-order valence-corrected chi connectivity index (χ2v) is 53.8. The molecule has 0 unspecified atom stereocenters. The van der Waals surface area contributed by atoms with E-state index in [-0.39, 0.29) is 0 Å². The third-order valence-electron chi connectivity index (χ3n) is 19.7. The highest BCUT2D eigenvalue weighted by atomic mass is 31.2. The first-order chi connectivity index (χ1) is 68.2. The fourth-order valence-electron chi connectivity index (χ4n) is 13.6. The maximum Gasteiger partial charge on any atom is 0.673 e. The van der Waals surface area contributed by atoms with E-state index in [1.54, 1.807) is 28.1 Å². The van der Waals surface area contributed by atoms with Gasteiger partial charge in [-0.15, -0.1) is 115 Å². The van der Waals surface area contributed by atoms with Crippen molar-refractivity contribution in [2.45, 2.75) is 40.0 Å². The molecule has 0 aliphatic heterocycles. The zero-order valence-corrected chi connectivity index (χ0v) is 93.5. The summed E-state index contributed by atoms with van der Waals surface area (Å²) in [6.45, 7) is 2.84. The summed E-state index contributed by atoms with van der Waals surface area (Å²) < 4.78 is 278. The van der Waals surface area contributed by atoms with Gasteiger partial charge in [0, 0.05) is 211 Å². The number of fused-ring (bicyclic) bond motifs is 6. The van der Waals surface area contributed by atoms with E-state index in [1.165, 1.54) is 0 Å². The predicted molar refractivity (Wildman–Crippen MR) is 552 cm³/mol. The molecule has 150 heavy (non-hydrogen) atoms. The lowest BCUT2D eigenvalue weighted by Gasteiger charge is -2.34. The Balaban J connectivity index is 0.000000851. The molecule has 78 heteroatoms. The highest BCUT2D eigenvalue weighted by Crippen LogP contribution is 2.65. The summed E-state index contributed by atoms with van der Waals surface area (Å²) >= 11 is 0. The zero-order chi connectivity index (χ0) is 116. The molecule has 852 valence electrons. The summed E-state index contributed by atoms with van der Waals surface area (Å²) in [6, 6.07) is 46.8. The molecule has 0 bridgehead atoms. The average molecular weight is 2300 g/mol. The van der Waals surface area contributed by atoms with E-state index in [1.807, 2.05) is 441 Å². The fourth-order valence-corrected chi connectivity index (χ4v) is 27.0. The van der Waals surface area contributed by atoms with Crippen molar-refractivity contribution >= 4 is 157 Å². The lowest BCUT2D eigenvalue weighted by molar-refractivity contribution is 0.280. The van der Waals surface area contributed by atoms with Gasteiger partial charge in [-0.05, 0) is 72.8 Å². The van der Waals surface area contributed by atoms with Gasteiger partial charge in [-0.3, -0.25) is 0 Å². The largest absolute Gasteiger partial charge is 0.673 e. The van der Waals surface area contributed by atoms with Crippen molar-refractivity contribution in [3.63, 3.8) is 0 Å². The number of para-hydroxylation sites is 6. The summed E-state index contributed by atoms with van der Waals surface area (Å²) in [5.41, 5.74) is 10.9. The molecule has 0 saturated heterocycles. The van der Waals surface area contributed by atoms with Crippen LogP contribution < -0.4 is 0 Å². The van der Waals surface area contributed by atoms with Crippen LogP contribution in [0.25, 0.3) is 66.2 Å². The van der Waals surface area contributed by atoms with Crippen molar-refractivity contribution in [2.24, 2.45) is 0 Å². The topological polar surface area (TPSA) is 364 Å². The van der Waals surface area contributed by atoms with Gasteiger partial charge in [0.15, 0.2) is 0 Å². The van der Waals surface area contributed by atoms with Crippen molar-refractivity contribution in [3.05, 3.63) is 146 Å². The van der Waals surface area contributed by atoms with E-state index in [0.29, 0.717) is 40.0 Å². The normalized spacial score (nSPS) is 12.8. The minimum atomic E-state index is -6.00. The van der Waals surface area contributed by atoms with E-state index in [2.05, 4.69) is 61.9 Å². The van der Waals surface area contributed by atoms with Gasteiger partial charge in [0.1, 0.15) is 73.1 Å². The third kappa shape index (κ3) is 45.5. The average Bonchev–Trinajstić information content (AvgIpc) is 1.83. The quantitative estimate of drug-likeness (QED) is 0.0138. The molecule has 0 atom stereocenters. The molecule has 0 saturated carbocycles. The van der Waals surface area contributed by atoms with Crippen LogP contribution in [0.5, 0.6) is 0 Å². The Hall–Kier alpha value is -7.95. The summed E-state index contributed by atoms with van der Waals surface area (Å²) in [5, 5.41) is 49.8. The van der Waals surface area contributed by atoms with Crippen molar-refractivity contribution < 1.29 is 133 Å². The number of hydrogen-bond acceptors (Lipinski definition) is 36. The van der Waals surface area contributed by atoms with Gasteiger partial charge in [0.25, 0.3) is 0 Å². The highest BCUT2D eigenvalue weighted by Gasteiger charge is 2.54. The van der Waals surface area contributed by atoms with Gasteiger partial charge in [0.2, 0.25) is 0 Å². The van der Waals surface area contributed by atoms with Crippen LogP contribution in [0, 0.1) is 0 Å². The van der Waals surface area contributed by atoms with Gasteiger partial charge in [-0.2, -0.15) is 29.4 Å². The van der Waals surface area contributed by atoms with E-state index >= 15 is 0 Å². The Labute approximate surface area is 857 Å². The molecular formula is C72H132B6F24N36O6P6. The lowest BCUT2D eigenvalue weighted by atomic mass is 10.3. The van der Waals surface area contributed by atoms with Gasteiger partial charge in [-0.1, -0.05) is 104 Å². The first-order valence-corrected chi connectivity index (χ1v) is 52.9. The summed E-state index contributed by atoms with van der Waals surface area (Å²) in [7, 11) is 5.38. The Morgan fingerprint density at radius 2 is 0.253 bits per heavy atom. The lowest BCUT2D eigenvalue weighted by Crippen LogP contribution is -2.38.